The molecule has 1 unspecified atom stereocenters. The first-order chi connectivity index (χ1) is 13.1. The lowest BCUT2D eigenvalue weighted by Gasteiger charge is -2.36. The molecule has 1 atom stereocenters. The third-order valence-corrected chi connectivity index (χ3v) is 5.97. The van der Waals surface area contributed by atoms with Crippen molar-refractivity contribution in [3.8, 4) is 0 Å². The van der Waals surface area contributed by atoms with Crippen molar-refractivity contribution in [2.75, 3.05) is 32.7 Å². The molecule has 7 nitrogen and oxygen atoms in total. The third-order valence-electron chi connectivity index (χ3n) is 5.97. The molecule has 3 heterocycles. The zero-order valence-corrected chi connectivity index (χ0v) is 15.6. The van der Waals surface area contributed by atoms with Crippen molar-refractivity contribution in [2.45, 2.75) is 31.7 Å². The number of carbonyl (C=O) groups excluding carboxylic acids is 2. The second-order valence-corrected chi connectivity index (χ2v) is 7.73. The molecular formula is C20H27N5O2. The number of likely N-dealkylation sites (tertiary alicyclic amines) is 2. The molecule has 144 valence electrons. The van der Waals surface area contributed by atoms with Crippen LogP contribution in [0.3, 0.4) is 0 Å². The Morgan fingerprint density at radius 3 is 2.67 bits per heavy atom. The number of nitrogens with zero attached hydrogens (tertiary/aromatic N) is 4. The lowest BCUT2D eigenvalue weighted by atomic mass is 9.97. The number of para-hydroxylation sites is 2. The molecule has 0 radical (unpaired) electrons. The van der Waals surface area contributed by atoms with Crippen LogP contribution in [-0.2, 0) is 9.59 Å². The van der Waals surface area contributed by atoms with Crippen LogP contribution < -0.4 is 5.73 Å². The van der Waals surface area contributed by atoms with Crippen molar-refractivity contribution in [1.29, 1.82) is 0 Å². The molecule has 2 fully saturated rings. The minimum Gasteiger partial charge on any atom is -0.369 e. The summed E-state index contributed by atoms with van der Waals surface area (Å²) in [5.74, 6) is -0.365. The van der Waals surface area contributed by atoms with E-state index in [1.165, 1.54) is 5.52 Å². The molecule has 2 aromatic rings. The second-order valence-electron chi connectivity index (χ2n) is 7.73. The van der Waals surface area contributed by atoms with Gasteiger partial charge in [-0.3, -0.25) is 14.5 Å². The Hall–Kier alpha value is -2.41. The molecule has 0 aliphatic carbocycles. The quantitative estimate of drug-likeness (QED) is 0.883. The summed E-state index contributed by atoms with van der Waals surface area (Å²) in [6, 6.07) is 8.64. The number of hydrogen-bond donors (Lipinski definition) is 1. The topological polar surface area (TPSA) is 84.5 Å². The number of primary amides is 1. The zero-order chi connectivity index (χ0) is 18.8. The van der Waals surface area contributed by atoms with Gasteiger partial charge in [-0.2, -0.15) is 0 Å². The van der Waals surface area contributed by atoms with Gasteiger partial charge in [-0.05, 0) is 37.8 Å². The number of fused-ring (bicyclic) bond motifs is 1. The number of imidazole rings is 1. The highest BCUT2D eigenvalue weighted by molar-refractivity contribution is 5.81. The zero-order valence-electron chi connectivity index (χ0n) is 15.6. The van der Waals surface area contributed by atoms with Gasteiger partial charge in [0.05, 0.1) is 29.8 Å². The van der Waals surface area contributed by atoms with Gasteiger partial charge in [-0.25, -0.2) is 4.98 Å². The van der Waals surface area contributed by atoms with E-state index in [0.717, 1.165) is 50.8 Å². The molecular weight excluding hydrogens is 342 g/mol. The van der Waals surface area contributed by atoms with Gasteiger partial charge in [0.2, 0.25) is 11.8 Å². The average Bonchev–Trinajstić information content (AvgIpc) is 3.13. The van der Waals surface area contributed by atoms with E-state index in [1.807, 2.05) is 29.4 Å². The lowest BCUT2D eigenvalue weighted by Crippen LogP contribution is -2.48. The Morgan fingerprint density at radius 2 is 1.89 bits per heavy atom. The van der Waals surface area contributed by atoms with E-state index in [2.05, 4.69) is 20.5 Å². The summed E-state index contributed by atoms with van der Waals surface area (Å²) in [6.07, 6.45) is 5.61. The van der Waals surface area contributed by atoms with Gasteiger partial charge >= 0.3 is 0 Å². The molecule has 27 heavy (non-hydrogen) atoms. The molecule has 0 bridgehead atoms. The fourth-order valence-corrected chi connectivity index (χ4v) is 4.35. The number of carbonyl (C=O) groups is 2. The number of rotatable bonds is 4. The van der Waals surface area contributed by atoms with E-state index in [0.29, 0.717) is 19.1 Å². The normalized spacial score (nSPS) is 22.2. The molecule has 0 saturated carbocycles. The molecule has 1 aromatic carbocycles. The lowest BCUT2D eigenvalue weighted by molar-refractivity contribution is -0.136. The number of aromatic nitrogens is 2. The van der Waals surface area contributed by atoms with Crippen molar-refractivity contribution in [1.82, 2.24) is 19.4 Å². The van der Waals surface area contributed by atoms with Crippen LogP contribution in [0.25, 0.3) is 11.0 Å². The fourth-order valence-electron chi connectivity index (χ4n) is 4.35. The number of benzene rings is 1. The number of piperidine rings is 2. The first-order valence-electron chi connectivity index (χ1n) is 9.83. The summed E-state index contributed by atoms with van der Waals surface area (Å²) >= 11 is 0. The molecule has 2 aliphatic heterocycles. The fraction of sp³-hybridized carbons (Fsp3) is 0.550. The summed E-state index contributed by atoms with van der Waals surface area (Å²) in [5, 5.41) is 0. The number of nitrogens with two attached hydrogens (primary N) is 1. The summed E-state index contributed by atoms with van der Waals surface area (Å²) in [4.78, 5) is 32.6. The van der Waals surface area contributed by atoms with Crippen molar-refractivity contribution >= 4 is 22.8 Å². The summed E-state index contributed by atoms with van der Waals surface area (Å²) in [5.41, 5.74) is 7.63. The van der Waals surface area contributed by atoms with E-state index in [1.54, 1.807) is 0 Å². The number of amides is 2. The molecule has 2 saturated heterocycles. The van der Waals surface area contributed by atoms with Crippen LogP contribution in [0.4, 0.5) is 0 Å². The predicted molar refractivity (Wildman–Crippen MR) is 103 cm³/mol. The highest BCUT2D eigenvalue weighted by atomic mass is 16.2. The maximum Gasteiger partial charge on any atom is 0.236 e. The molecule has 2 amide bonds. The van der Waals surface area contributed by atoms with Crippen LogP contribution in [0.1, 0.15) is 31.7 Å². The highest BCUT2D eigenvalue weighted by Crippen LogP contribution is 2.26. The van der Waals surface area contributed by atoms with Crippen molar-refractivity contribution in [3.05, 3.63) is 30.6 Å². The molecule has 2 N–H and O–H groups in total. The van der Waals surface area contributed by atoms with Crippen molar-refractivity contribution in [3.63, 3.8) is 0 Å². The van der Waals surface area contributed by atoms with Crippen LogP contribution in [-0.4, -0.2) is 63.9 Å². The van der Waals surface area contributed by atoms with Gasteiger partial charge in [0.25, 0.3) is 0 Å². The van der Waals surface area contributed by atoms with Crippen LogP contribution in [0.2, 0.25) is 0 Å². The van der Waals surface area contributed by atoms with Gasteiger partial charge in [-0.1, -0.05) is 12.1 Å². The van der Waals surface area contributed by atoms with Gasteiger partial charge < -0.3 is 15.2 Å². The molecule has 7 heteroatoms. The molecule has 1 aromatic heterocycles. The van der Waals surface area contributed by atoms with E-state index in [4.69, 9.17) is 5.73 Å². The maximum atomic E-state index is 12.6. The van der Waals surface area contributed by atoms with Gasteiger partial charge in [-0.15, -0.1) is 0 Å². The Balaban J connectivity index is 1.32. The van der Waals surface area contributed by atoms with Gasteiger partial charge in [0, 0.05) is 32.2 Å². The van der Waals surface area contributed by atoms with Crippen LogP contribution in [0.15, 0.2) is 30.6 Å². The highest BCUT2D eigenvalue weighted by Gasteiger charge is 2.29. The van der Waals surface area contributed by atoms with E-state index >= 15 is 0 Å². The van der Waals surface area contributed by atoms with Crippen molar-refractivity contribution in [2.24, 2.45) is 11.7 Å². The van der Waals surface area contributed by atoms with E-state index < -0.39 is 0 Å². The Bertz CT molecular complexity index is 825. The Labute approximate surface area is 159 Å². The van der Waals surface area contributed by atoms with E-state index in [9.17, 15) is 9.59 Å². The third kappa shape index (κ3) is 3.83. The number of hydrogen-bond acceptors (Lipinski definition) is 4. The van der Waals surface area contributed by atoms with Gasteiger partial charge in [0.1, 0.15) is 0 Å². The smallest absolute Gasteiger partial charge is 0.236 e. The monoisotopic (exact) mass is 369 g/mol. The largest absolute Gasteiger partial charge is 0.369 e. The molecule has 4 rings (SSSR count). The van der Waals surface area contributed by atoms with Crippen LogP contribution in [0.5, 0.6) is 0 Å². The SMILES string of the molecule is NC(=O)C1CCCN(C(=O)CN2CCC(n3cnc4ccccc43)CC2)C1. The average molecular weight is 369 g/mol. The molecule has 2 aliphatic rings. The first-order valence-corrected chi connectivity index (χ1v) is 9.83. The standard InChI is InChI=1S/C20H27N5O2/c21-20(27)15-4-3-9-24(12-15)19(26)13-23-10-7-16(8-11-23)25-14-22-17-5-1-2-6-18(17)25/h1-2,5-6,14-16H,3-4,7-13H2,(H2,21,27). The van der Waals surface area contributed by atoms with Crippen LogP contribution in [0, 0.1) is 5.92 Å². The Morgan fingerprint density at radius 1 is 1.11 bits per heavy atom. The second kappa shape index (κ2) is 7.68. The van der Waals surface area contributed by atoms with Crippen molar-refractivity contribution < 1.29 is 9.59 Å². The van der Waals surface area contributed by atoms with Crippen LogP contribution >= 0.6 is 0 Å². The first kappa shape index (κ1) is 18.0. The summed E-state index contributed by atoms with van der Waals surface area (Å²) < 4.78 is 2.27. The summed E-state index contributed by atoms with van der Waals surface area (Å²) in [7, 11) is 0. The van der Waals surface area contributed by atoms with Gasteiger partial charge in [0.15, 0.2) is 0 Å². The minimum atomic E-state index is -0.291. The predicted octanol–water partition coefficient (Wildman–Crippen LogP) is 1.40. The minimum absolute atomic E-state index is 0.118. The summed E-state index contributed by atoms with van der Waals surface area (Å²) in [6.45, 7) is 3.45. The maximum absolute atomic E-state index is 12.6. The molecule has 0 spiro atoms. The Kier molecular flexibility index (Phi) is 5.11. The van der Waals surface area contributed by atoms with E-state index in [-0.39, 0.29) is 17.7 Å².